The zero-order valence-corrected chi connectivity index (χ0v) is 55.5. The summed E-state index contributed by atoms with van der Waals surface area (Å²) in [5.41, 5.74) is 0. The van der Waals surface area contributed by atoms with Gasteiger partial charge in [0.1, 0.15) is 13.2 Å². The van der Waals surface area contributed by atoms with Crippen LogP contribution in [0.25, 0.3) is 0 Å². The number of carbonyl (C=O) groups excluding carboxylic acids is 3. The molecule has 0 spiro atoms. The molecule has 0 N–H and O–H groups in total. The molecule has 482 valence electrons. The zero-order chi connectivity index (χ0) is 59.9. The van der Waals surface area contributed by atoms with Crippen molar-refractivity contribution in [2.45, 2.75) is 386 Å². The highest BCUT2D eigenvalue weighted by Gasteiger charge is 2.19. The molecule has 0 aromatic carbocycles. The molecule has 0 amide bonds. The standard InChI is InChI=1S/C77H138O6/c1-4-7-10-13-16-19-22-25-28-31-34-36-38-40-43-46-49-52-55-58-61-64-67-70-76(79)82-73-74(72-81-75(78)69-66-63-60-57-54-51-48-45-42-33-30-27-24-21-18-15-12-9-6-3)83-77(80)71-68-65-62-59-56-53-50-47-44-41-39-37-35-32-29-26-23-20-17-14-11-8-5-2/h9,12,18,21,27,30,42,45,51,54,60,63,74H,4-8,10-11,13-17,19-20,22-26,28-29,31-41,43-44,46-50,52-53,55-59,61-62,64-73H2,1-3H3/b12-9-,21-18-,30-27-,45-42-,54-51-,63-60-. The summed E-state index contributed by atoms with van der Waals surface area (Å²) in [6.45, 7) is 6.54. The minimum Gasteiger partial charge on any atom is -0.462 e. The van der Waals surface area contributed by atoms with Crippen LogP contribution >= 0.6 is 0 Å². The Labute approximate surface area is 516 Å². The van der Waals surface area contributed by atoms with Crippen molar-refractivity contribution in [1.29, 1.82) is 0 Å². The Bertz CT molecular complexity index is 1520. The van der Waals surface area contributed by atoms with Gasteiger partial charge in [-0.3, -0.25) is 14.4 Å². The summed E-state index contributed by atoms with van der Waals surface area (Å²) >= 11 is 0. The number of hydrogen-bond acceptors (Lipinski definition) is 6. The molecule has 0 rings (SSSR count). The number of rotatable bonds is 67. The Morgan fingerprint density at radius 2 is 0.470 bits per heavy atom. The topological polar surface area (TPSA) is 78.9 Å². The van der Waals surface area contributed by atoms with Gasteiger partial charge in [-0.1, -0.05) is 376 Å². The molecular weight excluding hydrogens is 1020 g/mol. The molecule has 0 saturated carbocycles. The van der Waals surface area contributed by atoms with Gasteiger partial charge < -0.3 is 14.2 Å². The third-order valence-corrected chi connectivity index (χ3v) is 16.2. The summed E-state index contributed by atoms with van der Waals surface area (Å²) in [7, 11) is 0. The molecule has 0 heterocycles. The lowest BCUT2D eigenvalue weighted by Crippen LogP contribution is -2.30. The van der Waals surface area contributed by atoms with Crippen LogP contribution in [0.15, 0.2) is 72.9 Å². The second-order valence-corrected chi connectivity index (χ2v) is 24.5. The molecule has 0 fully saturated rings. The average Bonchev–Trinajstić information content (AvgIpc) is 3.49. The average molecular weight is 1160 g/mol. The maximum absolute atomic E-state index is 13.0. The molecule has 1 unspecified atom stereocenters. The highest BCUT2D eigenvalue weighted by Crippen LogP contribution is 2.19. The van der Waals surface area contributed by atoms with Gasteiger partial charge in [0.15, 0.2) is 6.10 Å². The van der Waals surface area contributed by atoms with Gasteiger partial charge in [-0.25, -0.2) is 0 Å². The van der Waals surface area contributed by atoms with Crippen molar-refractivity contribution in [1.82, 2.24) is 0 Å². The van der Waals surface area contributed by atoms with E-state index in [1.165, 1.54) is 257 Å². The highest BCUT2D eigenvalue weighted by molar-refractivity contribution is 5.71. The van der Waals surface area contributed by atoms with Crippen molar-refractivity contribution in [3.63, 3.8) is 0 Å². The summed E-state index contributed by atoms with van der Waals surface area (Å²) in [5, 5.41) is 0. The van der Waals surface area contributed by atoms with Crippen LogP contribution in [0.2, 0.25) is 0 Å². The summed E-state index contributed by atoms with van der Waals surface area (Å²) in [5.74, 6) is -0.955. The van der Waals surface area contributed by atoms with E-state index < -0.39 is 6.10 Å². The second kappa shape index (κ2) is 71.3. The Balaban J connectivity index is 4.38. The lowest BCUT2D eigenvalue weighted by atomic mass is 10.0. The monoisotopic (exact) mass is 1160 g/mol. The third kappa shape index (κ3) is 69.5. The first-order valence-electron chi connectivity index (χ1n) is 36.4. The zero-order valence-electron chi connectivity index (χ0n) is 55.5. The number of ether oxygens (including phenoxy) is 3. The number of hydrogen-bond donors (Lipinski definition) is 0. The van der Waals surface area contributed by atoms with Crippen molar-refractivity contribution >= 4 is 17.9 Å². The van der Waals surface area contributed by atoms with Gasteiger partial charge in [-0.05, 0) is 57.8 Å². The minimum absolute atomic E-state index is 0.0935. The Morgan fingerprint density at radius 1 is 0.253 bits per heavy atom. The number of allylic oxidation sites excluding steroid dienone is 12. The second-order valence-electron chi connectivity index (χ2n) is 24.5. The summed E-state index contributed by atoms with van der Waals surface area (Å²) in [6.07, 6.45) is 93.8. The molecule has 83 heavy (non-hydrogen) atoms. The van der Waals surface area contributed by atoms with Crippen LogP contribution in [-0.4, -0.2) is 37.2 Å². The fourth-order valence-corrected chi connectivity index (χ4v) is 10.8. The lowest BCUT2D eigenvalue weighted by molar-refractivity contribution is -0.166. The molecule has 0 aromatic rings. The summed E-state index contributed by atoms with van der Waals surface area (Å²) in [6, 6.07) is 0. The van der Waals surface area contributed by atoms with E-state index in [4.69, 9.17) is 14.2 Å². The van der Waals surface area contributed by atoms with E-state index in [1.807, 2.05) is 6.08 Å². The van der Waals surface area contributed by atoms with Crippen LogP contribution in [0.1, 0.15) is 380 Å². The van der Waals surface area contributed by atoms with Crippen LogP contribution in [0.3, 0.4) is 0 Å². The van der Waals surface area contributed by atoms with Crippen LogP contribution in [-0.2, 0) is 28.6 Å². The molecule has 1 atom stereocenters. The molecule has 0 radical (unpaired) electrons. The quantitative estimate of drug-likeness (QED) is 0.0261. The SMILES string of the molecule is CC/C=C\C/C=C\C/C=C\C/C=C\C/C=C\C/C=C\CCC(=O)OCC(COC(=O)CCCCCCCCCCCCCCCCCCCCCCCCC)OC(=O)CCCCCCCCCCCCCCCCCCCCCCCCC. The number of esters is 3. The normalized spacial score (nSPS) is 12.5. The van der Waals surface area contributed by atoms with Gasteiger partial charge in [0.2, 0.25) is 0 Å². The molecular formula is C77H138O6. The minimum atomic E-state index is -0.805. The fraction of sp³-hybridized carbons (Fsp3) is 0.805. The molecule has 0 aliphatic rings. The van der Waals surface area contributed by atoms with Crippen molar-refractivity contribution in [3.05, 3.63) is 72.9 Å². The Kier molecular flexibility index (Phi) is 68.6. The lowest BCUT2D eigenvalue weighted by Gasteiger charge is -2.18. The summed E-state index contributed by atoms with van der Waals surface area (Å²) < 4.78 is 17.0. The Morgan fingerprint density at radius 3 is 0.735 bits per heavy atom. The van der Waals surface area contributed by atoms with Gasteiger partial charge in [-0.15, -0.1) is 0 Å². The highest BCUT2D eigenvalue weighted by atomic mass is 16.6. The number of carbonyl (C=O) groups is 3. The molecule has 0 saturated heterocycles. The molecule has 0 bridgehead atoms. The first-order chi connectivity index (χ1) is 41.0. The molecule has 0 aromatic heterocycles. The van der Waals surface area contributed by atoms with E-state index >= 15 is 0 Å². The van der Waals surface area contributed by atoms with Crippen LogP contribution in [0.5, 0.6) is 0 Å². The summed E-state index contributed by atoms with van der Waals surface area (Å²) in [4.78, 5) is 38.5. The van der Waals surface area contributed by atoms with Crippen LogP contribution in [0, 0.1) is 0 Å². The maximum atomic E-state index is 13.0. The van der Waals surface area contributed by atoms with E-state index in [9.17, 15) is 14.4 Å². The molecule has 0 aliphatic heterocycles. The largest absolute Gasteiger partial charge is 0.462 e. The maximum Gasteiger partial charge on any atom is 0.306 e. The van der Waals surface area contributed by atoms with Gasteiger partial charge in [-0.2, -0.15) is 0 Å². The van der Waals surface area contributed by atoms with Crippen molar-refractivity contribution in [2.75, 3.05) is 13.2 Å². The Hall–Kier alpha value is -3.15. The first-order valence-corrected chi connectivity index (χ1v) is 36.4. The van der Waals surface area contributed by atoms with Crippen molar-refractivity contribution in [3.8, 4) is 0 Å². The predicted octanol–water partition coefficient (Wildman–Crippen LogP) is 25.2. The predicted molar refractivity (Wildman–Crippen MR) is 362 cm³/mol. The van der Waals surface area contributed by atoms with Gasteiger partial charge in [0.25, 0.3) is 0 Å². The molecule has 6 nitrogen and oxygen atoms in total. The van der Waals surface area contributed by atoms with Crippen molar-refractivity contribution in [2.24, 2.45) is 0 Å². The fourth-order valence-electron chi connectivity index (χ4n) is 10.8. The van der Waals surface area contributed by atoms with Crippen LogP contribution < -0.4 is 0 Å². The van der Waals surface area contributed by atoms with E-state index in [1.54, 1.807) is 0 Å². The van der Waals surface area contributed by atoms with E-state index in [-0.39, 0.29) is 37.5 Å². The van der Waals surface area contributed by atoms with Gasteiger partial charge in [0.05, 0.1) is 0 Å². The van der Waals surface area contributed by atoms with Crippen LogP contribution in [0.4, 0.5) is 0 Å². The van der Waals surface area contributed by atoms with Crippen molar-refractivity contribution < 1.29 is 28.6 Å². The smallest absolute Gasteiger partial charge is 0.306 e. The molecule has 0 aliphatic carbocycles. The van der Waals surface area contributed by atoms with E-state index in [2.05, 4.69) is 87.6 Å². The molecule has 6 heteroatoms. The first kappa shape index (κ1) is 79.8. The van der Waals surface area contributed by atoms with Gasteiger partial charge in [0, 0.05) is 19.3 Å². The van der Waals surface area contributed by atoms with E-state index in [0.717, 1.165) is 77.0 Å². The third-order valence-electron chi connectivity index (χ3n) is 16.2. The number of unbranched alkanes of at least 4 members (excludes halogenated alkanes) is 44. The van der Waals surface area contributed by atoms with E-state index in [0.29, 0.717) is 19.3 Å². The van der Waals surface area contributed by atoms with Gasteiger partial charge >= 0.3 is 17.9 Å².